The summed E-state index contributed by atoms with van der Waals surface area (Å²) in [6, 6.07) is 7.81. The third-order valence-corrected chi connectivity index (χ3v) is 3.62. The Bertz CT molecular complexity index is 1130. The van der Waals surface area contributed by atoms with E-state index in [9.17, 15) is 18.0 Å². The van der Waals surface area contributed by atoms with Crippen molar-refractivity contribution < 1.29 is 13.2 Å². The van der Waals surface area contributed by atoms with Crippen LogP contribution in [-0.2, 0) is 6.18 Å². The van der Waals surface area contributed by atoms with Crippen LogP contribution in [0.4, 0.5) is 13.2 Å². The standard InChI is InChI=1S/C15H8F3N5O/c16-15(17,18)8-2-3-9-11(6-8)19-13(20-14(9)24)7-1-4-10-12(5-7)22-23-21-10/h1-6H,(H,19,20,24)(H,21,22,23). The zero-order chi connectivity index (χ0) is 16.9. The minimum atomic E-state index is -4.50. The lowest BCUT2D eigenvalue weighted by Crippen LogP contribution is -2.11. The average molecular weight is 331 g/mol. The van der Waals surface area contributed by atoms with E-state index in [1.807, 2.05) is 0 Å². The van der Waals surface area contributed by atoms with Crippen molar-refractivity contribution in [2.45, 2.75) is 6.18 Å². The van der Waals surface area contributed by atoms with Crippen molar-refractivity contribution in [3.05, 3.63) is 52.3 Å². The maximum atomic E-state index is 12.8. The van der Waals surface area contributed by atoms with E-state index in [4.69, 9.17) is 0 Å². The molecule has 4 rings (SSSR count). The highest BCUT2D eigenvalue weighted by molar-refractivity contribution is 5.83. The molecule has 4 aromatic rings. The van der Waals surface area contributed by atoms with Crippen LogP contribution >= 0.6 is 0 Å². The fourth-order valence-corrected chi connectivity index (χ4v) is 2.44. The van der Waals surface area contributed by atoms with Crippen LogP contribution in [0.15, 0.2) is 41.2 Å². The minimum Gasteiger partial charge on any atom is -0.306 e. The summed E-state index contributed by atoms with van der Waals surface area (Å²) in [5.74, 6) is 0.164. The van der Waals surface area contributed by atoms with Crippen molar-refractivity contribution in [1.82, 2.24) is 25.4 Å². The van der Waals surface area contributed by atoms with Gasteiger partial charge >= 0.3 is 6.18 Å². The monoisotopic (exact) mass is 331 g/mol. The summed E-state index contributed by atoms with van der Waals surface area (Å²) in [6.07, 6.45) is -4.50. The molecule has 0 bridgehead atoms. The molecule has 0 spiro atoms. The van der Waals surface area contributed by atoms with Gasteiger partial charge in [0.2, 0.25) is 0 Å². The summed E-state index contributed by atoms with van der Waals surface area (Å²) < 4.78 is 38.5. The molecule has 0 atom stereocenters. The first-order valence-corrected chi connectivity index (χ1v) is 6.84. The van der Waals surface area contributed by atoms with E-state index >= 15 is 0 Å². The van der Waals surface area contributed by atoms with Gasteiger partial charge in [0.05, 0.1) is 16.5 Å². The van der Waals surface area contributed by atoms with Gasteiger partial charge in [0, 0.05) is 5.56 Å². The number of H-pyrrole nitrogens is 2. The Morgan fingerprint density at radius 2 is 1.71 bits per heavy atom. The molecule has 0 aliphatic carbocycles. The Hall–Kier alpha value is -3.23. The van der Waals surface area contributed by atoms with E-state index in [-0.39, 0.29) is 16.7 Å². The van der Waals surface area contributed by atoms with Crippen LogP contribution in [0.1, 0.15) is 5.56 Å². The molecule has 2 N–H and O–H groups in total. The normalized spacial score (nSPS) is 12.1. The first-order chi connectivity index (χ1) is 11.4. The van der Waals surface area contributed by atoms with Crippen LogP contribution in [0.25, 0.3) is 33.3 Å². The molecule has 24 heavy (non-hydrogen) atoms. The van der Waals surface area contributed by atoms with E-state index in [1.165, 1.54) is 0 Å². The van der Waals surface area contributed by atoms with Crippen LogP contribution in [0.3, 0.4) is 0 Å². The van der Waals surface area contributed by atoms with Crippen molar-refractivity contribution in [1.29, 1.82) is 0 Å². The molecule has 0 amide bonds. The van der Waals surface area contributed by atoms with Gasteiger partial charge in [-0.3, -0.25) is 4.79 Å². The van der Waals surface area contributed by atoms with E-state index < -0.39 is 17.3 Å². The third kappa shape index (κ3) is 2.30. The number of rotatable bonds is 1. The number of fused-ring (bicyclic) bond motifs is 2. The predicted octanol–water partition coefficient (Wildman–Crippen LogP) is 2.88. The van der Waals surface area contributed by atoms with E-state index in [0.29, 0.717) is 16.6 Å². The highest BCUT2D eigenvalue weighted by atomic mass is 19.4. The lowest BCUT2D eigenvalue weighted by molar-refractivity contribution is -0.137. The van der Waals surface area contributed by atoms with Crippen LogP contribution < -0.4 is 5.56 Å². The summed E-state index contributed by atoms with van der Waals surface area (Å²) in [5, 5.41) is 10.4. The zero-order valence-corrected chi connectivity index (χ0v) is 11.8. The summed E-state index contributed by atoms with van der Waals surface area (Å²) in [6.45, 7) is 0. The van der Waals surface area contributed by atoms with Crippen LogP contribution in [0, 0.1) is 0 Å². The van der Waals surface area contributed by atoms with E-state index in [2.05, 4.69) is 25.4 Å². The molecule has 2 aromatic carbocycles. The topological polar surface area (TPSA) is 87.3 Å². The molecule has 0 saturated heterocycles. The second kappa shape index (κ2) is 4.88. The molecule has 0 fully saturated rings. The molecule has 2 heterocycles. The smallest absolute Gasteiger partial charge is 0.306 e. The number of aromatic nitrogens is 5. The lowest BCUT2D eigenvalue weighted by Gasteiger charge is -2.08. The van der Waals surface area contributed by atoms with E-state index in [1.54, 1.807) is 18.2 Å². The molecule has 6 nitrogen and oxygen atoms in total. The quantitative estimate of drug-likeness (QED) is 0.561. The molecule has 0 unspecified atom stereocenters. The largest absolute Gasteiger partial charge is 0.416 e. The molecule has 0 aliphatic heterocycles. The molecule has 0 saturated carbocycles. The maximum absolute atomic E-state index is 12.8. The Balaban J connectivity index is 1.93. The predicted molar refractivity (Wildman–Crippen MR) is 80.2 cm³/mol. The number of halogens is 3. The van der Waals surface area contributed by atoms with Gasteiger partial charge in [-0.25, -0.2) is 4.98 Å². The Labute approximate surface area is 131 Å². The molecular weight excluding hydrogens is 323 g/mol. The lowest BCUT2D eigenvalue weighted by atomic mass is 10.1. The second-order valence-corrected chi connectivity index (χ2v) is 5.17. The fourth-order valence-electron chi connectivity index (χ4n) is 2.44. The number of nitrogens with zero attached hydrogens (tertiary/aromatic N) is 3. The van der Waals surface area contributed by atoms with Crippen LogP contribution in [-0.4, -0.2) is 25.4 Å². The molecule has 120 valence electrons. The number of hydrogen-bond donors (Lipinski definition) is 2. The highest BCUT2D eigenvalue weighted by Crippen LogP contribution is 2.30. The third-order valence-electron chi connectivity index (χ3n) is 3.62. The van der Waals surface area contributed by atoms with Crippen LogP contribution in [0.5, 0.6) is 0 Å². The van der Waals surface area contributed by atoms with Crippen molar-refractivity contribution in [2.24, 2.45) is 0 Å². The maximum Gasteiger partial charge on any atom is 0.416 e. The van der Waals surface area contributed by atoms with Gasteiger partial charge in [-0.2, -0.15) is 28.6 Å². The van der Waals surface area contributed by atoms with Gasteiger partial charge < -0.3 is 4.98 Å². The molecule has 0 aliphatic rings. The van der Waals surface area contributed by atoms with Crippen molar-refractivity contribution in [2.75, 3.05) is 0 Å². The highest BCUT2D eigenvalue weighted by Gasteiger charge is 2.30. The minimum absolute atomic E-state index is 0.0242. The van der Waals surface area contributed by atoms with E-state index in [0.717, 1.165) is 18.2 Å². The second-order valence-electron chi connectivity index (χ2n) is 5.17. The Kier molecular flexibility index (Phi) is 2.92. The number of hydrogen-bond acceptors (Lipinski definition) is 4. The zero-order valence-electron chi connectivity index (χ0n) is 11.8. The average Bonchev–Trinajstić information content (AvgIpc) is 3.01. The van der Waals surface area contributed by atoms with Crippen molar-refractivity contribution in [3.63, 3.8) is 0 Å². The Morgan fingerprint density at radius 3 is 2.50 bits per heavy atom. The fraction of sp³-hybridized carbons (Fsp3) is 0.0667. The van der Waals surface area contributed by atoms with Gasteiger partial charge in [-0.05, 0) is 36.4 Å². The van der Waals surface area contributed by atoms with Gasteiger partial charge in [0.25, 0.3) is 5.56 Å². The number of nitrogens with one attached hydrogen (secondary N) is 2. The Morgan fingerprint density at radius 1 is 0.917 bits per heavy atom. The molecule has 2 aromatic heterocycles. The first kappa shape index (κ1) is 14.4. The van der Waals surface area contributed by atoms with Crippen molar-refractivity contribution in [3.8, 4) is 11.4 Å². The van der Waals surface area contributed by atoms with Crippen molar-refractivity contribution >= 4 is 21.9 Å². The summed E-state index contributed by atoms with van der Waals surface area (Å²) >= 11 is 0. The number of benzene rings is 2. The SMILES string of the molecule is O=c1[nH]c(-c2ccc3n[nH]nc3c2)nc2cc(C(F)(F)F)ccc12. The summed E-state index contributed by atoms with van der Waals surface area (Å²) in [4.78, 5) is 18.9. The number of aromatic amines is 2. The van der Waals surface area contributed by atoms with Gasteiger partial charge in [-0.15, -0.1) is 0 Å². The number of alkyl halides is 3. The molecular formula is C15H8F3N5O. The molecule has 9 heteroatoms. The van der Waals surface area contributed by atoms with Crippen LogP contribution in [0.2, 0.25) is 0 Å². The van der Waals surface area contributed by atoms with Gasteiger partial charge in [0.1, 0.15) is 16.9 Å². The van der Waals surface area contributed by atoms with Gasteiger partial charge in [0.15, 0.2) is 0 Å². The first-order valence-electron chi connectivity index (χ1n) is 6.84. The summed E-state index contributed by atoms with van der Waals surface area (Å²) in [5.41, 5.74) is 0.312. The summed E-state index contributed by atoms with van der Waals surface area (Å²) in [7, 11) is 0. The molecule has 0 radical (unpaired) electrons. The van der Waals surface area contributed by atoms with Gasteiger partial charge in [-0.1, -0.05) is 0 Å².